The van der Waals surface area contributed by atoms with Crippen molar-refractivity contribution in [2.75, 3.05) is 6.61 Å². The summed E-state index contributed by atoms with van der Waals surface area (Å²) < 4.78 is 42.5. The van der Waals surface area contributed by atoms with Gasteiger partial charge in [0.25, 0.3) is 5.56 Å². The zero-order valence-electron chi connectivity index (χ0n) is 12.4. The van der Waals surface area contributed by atoms with Gasteiger partial charge in [-0.15, -0.1) is 0 Å². The van der Waals surface area contributed by atoms with Gasteiger partial charge in [0, 0.05) is 5.69 Å². The third-order valence-corrected chi connectivity index (χ3v) is 3.16. The van der Waals surface area contributed by atoms with Gasteiger partial charge >= 0.3 is 12.1 Å². The third-order valence-electron chi connectivity index (χ3n) is 3.16. The van der Waals surface area contributed by atoms with Crippen molar-refractivity contribution in [1.29, 1.82) is 5.26 Å². The van der Waals surface area contributed by atoms with E-state index in [-0.39, 0.29) is 23.4 Å². The van der Waals surface area contributed by atoms with Gasteiger partial charge in [0.1, 0.15) is 11.6 Å². The molecule has 0 saturated carbocycles. The minimum absolute atomic E-state index is 0.0477. The summed E-state index contributed by atoms with van der Waals surface area (Å²) >= 11 is 0. The van der Waals surface area contributed by atoms with Crippen LogP contribution in [0.5, 0.6) is 0 Å². The van der Waals surface area contributed by atoms with E-state index in [1.165, 1.54) is 6.07 Å². The summed E-state index contributed by atoms with van der Waals surface area (Å²) in [5.74, 6) is -0.853. The van der Waals surface area contributed by atoms with Crippen molar-refractivity contribution in [2.45, 2.75) is 13.1 Å². The standard InChI is InChI=1S/C16H11F3N2O3/c1-2-24-15(23)11-7-13(21-14(22)12(11)8-20)9-3-5-10(6-4-9)16(17,18)19/h3-7H,2H2,1H3,(H,21,22). The van der Waals surface area contributed by atoms with Crippen molar-refractivity contribution in [3.05, 3.63) is 57.4 Å². The number of halogens is 3. The molecule has 1 aromatic carbocycles. The van der Waals surface area contributed by atoms with Crippen molar-refractivity contribution >= 4 is 5.97 Å². The number of nitrogens with zero attached hydrogens (tertiary/aromatic N) is 1. The first-order valence-electron chi connectivity index (χ1n) is 6.80. The highest BCUT2D eigenvalue weighted by Crippen LogP contribution is 2.30. The van der Waals surface area contributed by atoms with Gasteiger partial charge in [-0.25, -0.2) is 4.79 Å². The largest absolute Gasteiger partial charge is 0.462 e. The predicted octanol–water partition coefficient (Wildman–Crippen LogP) is 3.11. The fraction of sp³-hybridized carbons (Fsp3) is 0.188. The van der Waals surface area contributed by atoms with E-state index in [2.05, 4.69) is 4.98 Å². The van der Waals surface area contributed by atoms with Crippen LogP contribution in [0.15, 0.2) is 35.1 Å². The first kappa shape index (κ1) is 17.3. The maximum atomic E-state index is 12.6. The quantitative estimate of drug-likeness (QED) is 0.873. The monoisotopic (exact) mass is 336 g/mol. The zero-order valence-corrected chi connectivity index (χ0v) is 12.4. The Morgan fingerprint density at radius 1 is 1.29 bits per heavy atom. The molecule has 2 rings (SSSR count). The van der Waals surface area contributed by atoms with Crippen LogP contribution in [0.25, 0.3) is 11.3 Å². The number of nitrogens with one attached hydrogen (secondary N) is 1. The van der Waals surface area contributed by atoms with E-state index in [1.807, 2.05) is 0 Å². The fourth-order valence-electron chi connectivity index (χ4n) is 2.03. The summed E-state index contributed by atoms with van der Waals surface area (Å²) in [7, 11) is 0. The van der Waals surface area contributed by atoms with E-state index in [9.17, 15) is 22.8 Å². The molecule has 0 amide bonds. The topological polar surface area (TPSA) is 83.0 Å². The smallest absolute Gasteiger partial charge is 0.416 e. The Bertz CT molecular complexity index is 862. The van der Waals surface area contributed by atoms with Gasteiger partial charge in [0.2, 0.25) is 0 Å². The van der Waals surface area contributed by atoms with Crippen LogP contribution in [0.3, 0.4) is 0 Å². The molecule has 0 unspecified atom stereocenters. The molecule has 2 aromatic rings. The Labute approximate surface area is 134 Å². The van der Waals surface area contributed by atoms with Crippen LogP contribution in [0.2, 0.25) is 0 Å². The molecule has 0 radical (unpaired) electrons. The second-order valence-electron chi connectivity index (χ2n) is 4.71. The number of carbonyl (C=O) groups is 1. The van der Waals surface area contributed by atoms with Gasteiger partial charge in [-0.2, -0.15) is 18.4 Å². The summed E-state index contributed by atoms with van der Waals surface area (Å²) in [5, 5.41) is 9.00. The van der Waals surface area contributed by atoms with Gasteiger partial charge < -0.3 is 9.72 Å². The third kappa shape index (κ3) is 3.46. The molecule has 124 valence electrons. The fourth-order valence-corrected chi connectivity index (χ4v) is 2.03. The Balaban J connectivity index is 2.54. The number of aromatic nitrogens is 1. The molecule has 0 aliphatic carbocycles. The molecular weight excluding hydrogens is 325 g/mol. The van der Waals surface area contributed by atoms with Gasteiger partial charge in [0.05, 0.1) is 17.7 Å². The van der Waals surface area contributed by atoms with Gasteiger partial charge in [0.15, 0.2) is 0 Å². The van der Waals surface area contributed by atoms with Crippen LogP contribution in [0.4, 0.5) is 13.2 Å². The van der Waals surface area contributed by atoms with Gasteiger partial charge in [-0.1, -0.05) is 12.1 Å². The highest BCUT2D eigenvalue weighted by molar-refractivity contribution is 5.93. The van der Waals surface area contributed by atoms with Crippen LogP contribution in [0, 0.1) is 11.3 Å². The average molecular weight is 336 g/mol. The lowest BCUT2D eigenvalue weighted by atomic mass is 10.0. The molecule has 0 spiro atoms. The SMILES string of the molecule is CCOC(=O)c1cc(-c2ccc(C(F)(F)F)cc2)[nH]c(=O)c1C#N. The molecule has 8 heteroatoms. The zero-order chi connectivity index (χ0) is 17.9. The number of H-pyrrole nitrogens is 1. The molecule has 5 nitrogen and oxygen atoms in total. The molecule has 0 fully saturated rings. The van der Waals surface area contributed by atoms with E-state index < -0.39 is 28.8 Å². The van der Waals surface area contributed by atoms with E-state index in [0.717, 1.165) is 24.3 Å². The number of alkyl halides is 3. The number of benzene rings is 1. The van der Waals surface area contributed by atoms with Crippen molar-refractivity contribution in [1.82, 2.24) is 4.98 Å². The second kappa shape index (κ2) is 6.58. The van der Waals surface area contributed by atoms with Crippen molar-refractivity contribution in [3.63, 3.8) is 0 Å². The van der Waals surface area contributed by atoms with E-state index in [1.54, 1.807) is 13.0 Å². The van der Waals surface area contributed by atoms with Crippen LogP contribution in [-0.4, -0.2) is 17.6 Å². The molecule has 0 aliphatic heterocycles. The molecule has 1 heterocycles. The van der Waals surface area contributed by atoms with Crippen LogP contribution in [0.1, 0.15) is 28.4 Å². The minimum atomic E-state index is -4.48. The molecule has 0 aliphatic rings. The number of nitriles is 1. The highest BCUT2D eigenvalue weighted by Gasteiger charge is 2.30. The maximum absolute atomic E-state index is 12.6. The summed E-state index contributed by atoms with van der Waals surface area (Å²) in [5.41, 5.74) is -1.95. The number of hydrogen-bond donors (Lipinski definition) is 1. The number of pyridine rings is 1. The lowest BCUT2D eigenvalue weighted by Crippen LogP contribution is -2.18. The Kier molecular flexibility index (Phi) is 4.74. The maximum Gasteiger partial charge on any atom is 0.416 e. The van der Waals surface area contributed by atoms with E-state index in [0.29, 0.717) is 0 Å². The summed E-state index contributed by atoms with van der Waals surface area (Å²) in [6.45, 7) is 1.61. The molecule has 1 aromatic heterocycles. The highest BCUT2D eigenvalue weighted by atomic mass is 19.4. The number of aromatic amines is 1. The number of esters is 1. The lowest BCUT2D eigenvalue weighted by molar-refractivity contribution is -0.137. The molecule has 0 atom stereocenters. The van der Waals surface area contributed by atoms with Crippen molar-refractivity contribution < 1.29 is 22.7 Å². The normalized spacial score (nSPS) is 11.0. The predicted molar refractivity (Wildman–Crippen MR) is 78.2 cm³/mol. The summed E-state index contributed by atoms with van der Waals surface area (Å²) in [6.07, 6.45) is -4.48. The van der Waals surface area contributed by atoms with Crippen LogP contribution < -0.4 is 5.56 Å². The number of rotatable bonds is 3. The Hall–Kier alpha value is -3.08. The van der Waals surface area contributed by atoms with E-state index in [4.69, 9.17) is 10.00 Å². The Morgan fingerprint density at radius 3 is 2.42 bits per heavy atom. The molecule has 24 heavy (non-hydrogen) atoms. The van der Waals surface area contributed by atoms with Crippen LogP contribution >= 0.6 is 0 Å². The molecular formula is C16H11F3N2O3. The average Bonchev–Trinajstić information content (AvgIpc) is 2.53. The van der Waals surface area contributed by atoms with Crippen LogP contribution in [-0.2, 0) is 10.9 Å². The number of ether oxygens (including phenoxy) is 1. The first-order valence-corrected chi connectivity index (χ1v) is 6.80. The first-order chi connectivity index (χ1) is 11.3. The van der Waals surface area contributed by atoms with Crippen molar-refractivity contribution in [2.24, 2.45) is 0 Å². The van der Waals surface area contributed by atoms with Gasteiger partial charge in [-0.05, 0) is 30.7 Å². The lowest BCUT2D eigenvalue weighted by Gasteiger charge is -2.09. The summed E-state index contributed by atoms with van der Waals surface area (Å²) in [6, 6.07) is 6.86. The Morgan fingerprint density at radius 2 is 1.92 bits per heavy atom. The minimum Gasteiger partial charge on any atom is -0.462 e. The second-order valence-corrected chi connectivity index (χ2v) is 4.71. The number of carbonyl (C=O) groups excluding carboxylic acids is 1. The molecule has 0 bridgehead atoms. The van der Waals surface area contributed by atoms with E-state index >= 15 is 0 Å². The van der Waals surface area contributed by atoms with Gasteiger partial charge in [-0.3, -0.25) is 4.79 Å². The van der Waals surface area contributed by atoms with Crippen molar-refractivity contribution in [3.8, 4) is 17.3 Å². The molecule has 1 N–H and O–H groups in total. The molecule has 0 saturated heterocycles. The summed E-state index contributed by atoms with van der Waals surface area (Å²) in [4.78, 5) is 26.2. The number of hydrogen-bond acceptors (Lipinski definition) is 4.